The van der Waals surface area contributed by atoms with Crippen LogP contribution in [-0.4, -0.2) is 4.98 Å². The van der Waals surface area contributed by atoms with Crippen LogP contribution in [0.2, 0.25) is 0 Å². The molecular formula is C12H8BrIN4. The maximum atomic E-state index is 8.75. The molecule has 0 amide bonds. The molecule has 4 nitrogen and oxygen atoms in total. The summed E-state index contributed by atoms with van der Waals surface area (Å²) < 4.78 is 2.03. The second-order valence-corrected chi connectivity index (χ2v) is 5.62. The van der Waals surface area contributed by atoms with Crippen molar-refractivity contribution in [2.75, 3.05) is 11.1 Å². The highest BCUT2D eigenvalue weighted by Gasteiger charge is 2.06. The van der Waals surface area contributed by atoms with Crippen LogP contribution < -0.4 is 11.1 Å². The maximum Gasteiger partial charge on any atom is 0.153 e. The van der Waals surface area contributed by atoms with Crippen LogP contribution in [0.4, 0.5) is 17.2 Å². The number of nitriles is 1. The normalized spacial score (nSPS) is 9.83. The smallest absolute Gasteiger partial charge is 0.153 e. The molecule has 3 N–H and O–H groups in total. The van der Waals surface area contributed by atoms with Crippen LogP contribution in [0.15, 0.2) is 34.9 Å². The number of rotatable bonds is 2. The molecule has 6 heteroatoms. The molecule has 1 heterocycles. The van der Waals surface area contributed by atoms with Gasteiger partial charge in [0.1, 0.15) is 6.07 Å². The summed E-state index contributed by atoms with van der Waals surface area (Å²) in [6.45, 7) is 0. The van der Waals surface area contributed by atoms with Crippen molar-refractivity contribution >= 4 is 55.7 Å². The minimum Gasteiger partial charge on any atom is -0.396 e. The zero-order valence-electron chi connectivity index (χ0n) is 9.11. The summed E-state index contributed by atoms with van der Waals surface area (Å²) in [6, 6.07) is 9.51. The number of nitrogens with zero attached hydrogens (tertiary/aromatic N) is 2. The average molecular weight is 415 g/mol. The number of halogens is 2. The number of aromatic nitrogens is 1. The van der Waals surface area contributed by atoms with Crippen LogP contribution in [0.25, 0.3) is 0 Å². The molecule has 0 saturated heterocycles. The van der Waals surface area contributed by atoms with E-state index in [0.717, 1.165) is 13.7 Å². The predicted molar refractivity (Wildman–Crippen MR) is 83.5 cm³/mol. The van der Waals surface area contributed by atoms with E-state index in [1.165, 1.54) is 6.20 Å². The number of benzene rings is 1. The Hall–Kier alpha value is -1.33. The van der Waals surface area contributed by atoms with Gasteiger partial charge in [-0.1, -0.05) is 0 Å². The minimum atomic E-state index is 0.444. The molecule has 0 aliphatic heterocycles. The van der Waals surface area contributed by atoms with Gasteiger partial charge in [-0.05, 0) is 62.8 Å². The zero-order chi connectivity index (χ0) is 13.1. The third kappa shape index (κ3) is 2.91. The molecule has 2 aromatic rings. The van der Waals surface area contributed by atoms with Gasteiger partial charge in [0.25, 0.3) is 0 Å². The van der Waals surface area contributed by atoms with E-state index in [0.29, 0.717) is 17.1 Å². The number of hydrogen-bond donors (Lipinski definition) is 2. The second kappa shape index (κ2) is 5.54. The molecule has 18 heavy (non-hydrogen) atoms. The largest absolute Gasteiger partial charge is 0.396 e. The Kier molecular flexibility index (Phi) is 4.04. The van der Waals surface area contributed by atoms with Crippen LogP contribution in [-0.2, 0) is 0 Å². The lowest BCUT2D eigenvalue weighted by Crippen LogP contribution is -2.00. The molecule has 0 aliphatic carbocycles. The fraction of sp³-hybridized carbons (Fsp3) is 0. The van der Waals surface area contributed by atoms with Crippen molar-refractivity contribution in [1.82, 2.24) is 4.98 Å². The van der Waals surface area contributed by atoms with Gasteiger partial charge in [0.2, 0.25) is 0 Å². The van der Waals surface area contributed by atoms with Crippen molar-refractivity contribution in [2.45, 2.75) is 0 Å². The van der Waals surface area contributed by atoms with Gasteiger partial charge in [0.05, 0.1) is 16.9 Å². The standard InChI is InChI=1S/C12H8BrIN4/c13-9-2-1-8(14)4-11(9)18-12-10(16)3-7(5-15)6-17-12/h1-4,6H,16H2,(H,17,18). The third-order valence-electron chi connectivity index (χ3n) is 2.23. The third-order valence-corrected chi connectivity index (χ3v) is 3.59. The monoisotopic (exact) mass is 414 g/mol. The quantitative estimate of drug-likeness (QED) is 0.735. The van der Waals surface area contributed by atoms with E-state index >= 15 is 0 Å². The molecule has 0 fully saturated rings. The van der Waals surface area contributed by atoms with E-state index in [4.69, 9.17) is 11.0 Å². The molecule has 0 unspecified atom stereocenters. The van der Waals surface area contributed by atoms with Gasteiger partial charge in [-0.3, -0.25) is 0 Å². The number of anilines is 3. The van der Waals surface area contributed by atoms with Gasteiger partial charge < -0.3 is 11.1 Å². The Morgan fingerprint density at radius 1 is 1.39 bits per heavy atom. The summed E-state index contributed by atoms with van der Waals surface area (Å²) in [5.41, 5.74) is 7.61. The Bertz CT molecular complexity index is 636. The van der Waals surface area contributed by atoms with Gasteiger partial charge in [-0.2, -0.15) is 5.26 Å². The second-order valence-electron chi connectivity index (χ2n) is 3.52. The van der Waals surface area contributed by atoms with Crippen LogP contribution in [0.3, 0.4) is 0 Å². The van der Waals surface area contributed by atoms with Crippen molar-refractivity contribution in [3.63, 3.8) is 0 Å². The fourth-order valence-electron chi connectivity index (χ4n) is 1.37. The first-order valence-corrected chi connectivity index (χ1v) is 6.85. The Morgan fingerprint density at radius 2 is 2.17 bits per heavy atom. The highest BCUT2D eigenvalue weighted by atomic mass is 127. The van der Waals surface area contributed by atoms with Gasteiger partial charge in [-0.25, -0.2) is 4.98 Å². The number of nitrogens with two attached hydrogens (primary N) is 1. The molecule has 0 aliphatic rings. The summed E-state index contributed by atoms with van der Waals surface area (Å²) in [7, 11) is 0. The fourth-order valence-corrected chi connectivity index (χ4v) is 2.21. The van der Waals surface area contributed by atoms with E-state index in [1.807, 2.05) is 24.3 Å². The van der Waals surface area contributed by atoms with Crippen molar-refractivity contribution in [3.05, 3.63) is 44.1 Å². The molecule has 2 rings (SSSR count). The van der Waals surface area contributed by atoms with Gasteiger partial charge in [0, 0.05) is 14.2 Å². The average Bonchev–Trinajstić information content (AvgIpc) is 2.36. The summed E-state index contributed by atoms with van der Waals surface area (Å²) in [6.07, 6.45) is 1.49. The van der Waals surface area contributed by atoms with Crippen LogP contribution in [0.5, 0.6) is 0 Å². The Labute approximate surface area is 126 Å². The molecule has 1 aromatic carbocycles. The van der Waals surface area contributed by atoms with E-state index in [9.17, 15) is 0 Å². The van der Waals surface area contributed by atoms with E-state index < -0.39 is 0 Å². The predicted octanol–water partition coefficient (Wildman–Crippen LogP) is 3.65. The number of pyridine rings is 1. The first-order chi connectivity index (χ1) is 8.60. The van der Waals surface area contributed by atoms with Crippen molar-refractivity contribution in [1.29, 1.82) is 5.26 Å². The topological polar surface area (TPSA) is 74.7 Å². The SMILES string of the molecule is N#Cc1cnc(Nc2cc(I)ccc2Br)c(N)c1. The molecule has 0 radical (unpaired) electrons. The van der Waals surface area contributed by atoms with Crippen LogP contribution in [0.1, 0.15) is 5.56 Å². The zero-order valence-corrected chi connectivity index (χ0v) is 12.9. The van der Waals surface area contributed by atoms with Gasteiger partial charge in [0.15, 0.2) is 5.82 Å². The highest BCUT2D eigenvalue weighted by molar-refractivity contribution is 14.1. The molecule has 1 aromatic heterocycles. The summed E-state index contributed by atoms with van der Waals surface area (Å²) in [4.78, 5) is 4.13. The van der Waals surface area contributed by atoms with Crippen molar-refractivity contribution < 1.29 is 0 Å². The molecular weight excluding hydrogens is 407 g/mol. The number of nitrogens with one attached hydrogen (secondary N) is 1. The lowest BCUT2D eigenvalue weighted by atomic mass is 10.2. The van der Waals surface area contributed by atoms with E-state index in [2.05, 4.69) is 48.8 Å². The first kappa shape index (κ1) is 13.1. The van der Waals surface area contributed by atoms with E-state index in [-0.39, 0.29) is 0 Å². The Balaban J connectivity index is 2.34. The Morgan fingerprint density at radius 3 is 2.83 bits per heavy atom. The molecule has 0 atom stereocenters. The van der Waals surface area contributed by atoms with Crippen LogP contribution in [0, 0.1) is 14.9 Å². The van der Waals surface area contributed by atoms with Gasteiger partial charge in [-0.15, -0.1) is 0 Å². The highest BCUT2D eigenvalue weighted by Crippen LogP contribution is 2.29. The van der Waals surface area contributed by atoms with Crippen molar-refractivity contribution in [2.24, 2.45) is 0 Å². The summed E-state index contributed by atoms with van der Waals surface area (Å²) >= 11 is 5.68. The molecule has 0 spiro atoms. The molecule has 0 bridgehead atoms. The lowest BCUT2D eigenvalue weighted by Gasteiger charge is -2.10. The first-order valence-electron chi connectivity index (χ1n) is 4.98. The summed E-state index contributed by atoms with van der Waals surface area (Å²) in [5.74, 6) is 0.539. The summed E-state index contributed by atoms with van der Waals surface area (Å²) in [5, 5.41) is 11.9. The van der Waals surface area contributed by atoms with Gasteiger partial charge >= 0.3 is 0 Å². The lowest BCUT2D eigenvalue weighted by molar-refractivity contribution is 1.29. The maximum absolute atomic E-state index is 8.75. The van der Waals surface area contributed by atoms with Crippen LogP contribution >= 0.6 is 38.5 Å². The number of nitrogen functional groups attached to an aromatic ring is 1. The molecule has 0 saturated carbocycles. The minimum absolute atomic E-state index is 0.444. The molecule has 90 valence electrons. The van der Waals surface area contributed by atoms with Crippen molar-refractivity contribution in [3.8, 4) is 6.07 Å². The number of hydrogen-bond acceptors (Lipinski definition) is 4. The van der Waals surface area contributed by atoms with E-state index in [1.54, 1.807) is 6.07 Å².